The molecule has 1 atom stereocenters. The van der Waals surface area contributed by atoms with Crippen LogP contribution in [0.4, 0.5) is 0 Å². The smallest absolute Gasteiger partial charge is 0.254 e. The number of carbonyl (C=O) groups excluding carboxylic acids is 1. The Bertz CT molecular complexity index is 574. The zero-order chi connectivity index (χ0) is 15.9. The SMILES string of the molecule is CCOCCCNC(=O)CC1CSc2nc(CC)cc(=O)n21. The van der Waals surface area contributed by atoms with E-state index < -0.39 is 0 Å². The number of aromatic nitrogens is 2. The molecule has 1 aromatic heterocycles. The van der Waals surface area contributed by atoms with Gasteiger partial charge in [-0.15, -0.1) is 0 Å². The number of hydrogen-bond donors (Lipinski definition) is 1. The topological polar surface area (TPSA) is 73.2 Å². The molecule has 0 saturated heterocycles. The normalized spacial score (nSPS) is 16.5. The maximum absolute atomic E-state index is 12.2. The lowest BCUT2D eigenvalue weighted by molar-refractivity contribution is -0.121. The molecule has 0 saturated carbocycles. The van der Waals surface area contributed by atoms with Gasteiger partial charge in [0.2, 0.25) is 5.91 Å². The van der Waals surface area contributed by atoms with E-state index >= 15 is 0 Å². The van der Waals surface area contributed by atoms with Gasteiger partial charge in [-0.2, -0.15) is 0 Å². The van der Waals surface area contributed by atoms with Crippen LogP contribution in [0.3, 0.4) is 0 Å². The highest BCUT2D eigenvalue weighted by molar-refractivity contribution is 7.99. The van der Waals surface area contributed by atoms with Crippen molar-refractivity contribution < 1.29 is 9.53 Å². The summed E-state index contributed by atoms with van der Waals surface area (Å²) in [4.78, 5) is 28.6. The van der Waals surface area contributed by atoms with E-state index in [0.717, 1.165) is 29.4 Å². The second kappa shape index (κ2) is 8.33. The molecule has 122 valence electrons. The predicted molar refractivity (Wildman–Crippen MR) is 86.4 cm³/mol. The molecule has 1 unspecified atom stereocenters. The Morgan fingerprint density at radius 3 is 3.09 bits per heavy atom. The average molecular weight is 325 g/mol. The molecule has 2 rings (SSSR count). The standard InChI is InChI=1S/C15H23N3O3S/c1-3-11-8-14(20)18-12(10-22-15(18)17-11)9-13(19)16-6-5-7-21-4-2/h8,12H,3-7,9-10H2,1-2H3,(H,16,19). The van der Waals surface area contributed by atoms with Crippen molar-refractivity contribution in [3.8, 4) is 0 Å². The number of fused-ring (bicyclic) bond motifs is 1. The molecule has 0 radical (unpaired) electrons. The Balaban J connectivity index is 1.89. The largest absolute Gasteiger partial charge is 0.382 e. The minimum Gasteiger partial charge on any atom is -0.382 e. The van der Waals surface area contributed by atoms with Crippen molar-refractivity contribution in [2.24, 2.45) is 0 Å². The van der Waals surface area contributed by atoms with E-state index in [-0.39, 0.29) is 17.5 Å². The van der Waals surface area contributed by atoms with Crippen LogP contribution >= 0.6 is 11.8 Å². The third-order valence-corrected chi connectivity index (χ3v) is 4.62. The number of hydrogen-bond acceptors (Lipinski definition) is 5. The summed E-state index contributed by atoms with van der Waals surface area (Å²) in [6.07, 6.45) is 1.87. The lowest BCUT2D eigenvalue weighted by Crippen LogP contribution is -2.31. The summed E-state index contributed by atoms with van der Waals surface area (Å²) in [7, 11) is 0. The third-order valence-electron chi connectivity index (χ3n) is 3.52. The number of ether oxygens (including phenoxy) is 1. The van der Waals surface area contributed by atoms with Gasteiger partial charge >= 0.3 is 0 Å². The molecule has 1 aliphatic rings. The molecular formula is C15H23N3O3S. The van der Waals surface area contributed by atoms with Crippen molar-refractivity contribution in [3.05, 3.63) is 22.1 Å². The number of nitrogens with zero attached hydrogens (tertiary/aromatic N) is 2. The molecule has 7 heteroatoms. The maximum atomic E-state index is 12.2. The van der Waals surface area contributed by atoms with E-state index in [0.29, 0.717) is 26.2 Å². The van der Waals surface area contributed by atoms with E-state index in [2.05, 4.69) is 10.3 Å². The predicted octanol–water partition coefficient (Wildman–Crippen LogP) is 1.39. The molecule has 1 N–H and O–H groups in total. The zero-order valence-corrected chi connectivity index (χ0v) is 13.9. The van der Waals surface area contributed by atoms with E-state index in [1.165, 1.54) is 0 Å². The van der Waals surface area contributed by atoms with Crippen LogP contribution < -0.4 is 10.9 Å². The molecule has 1 amide bonds. The first-order chi connectivity index (χ1) is 10.7. The Hall–Kier alpha value is -1.34. The van der Waals surface area contributed by atoms with E-state index in [9.17, 15) is 9.59 Å². The minimum atomic E-state index is -0.0993. The van der Waals surface area contributed by atoms with Gasteiger partial charge in [-0.25, -0.2) is 4.98 Å². The van der Waals surface area contributed by atoms with Crippen LogP contribution in [0.25, 0.3) is 0 Å². The Labute approximate surface area is 134 Å². The third kappa shape index (κ3) is 4.33. The highest BCUT2D eigenvalue weighted by Gasteiger charge is 2.27. The molecule has 2 heterocycles. The van der Waals surface area contributed by atoms with Crippen LogP contribution in [-0.2, 0) is 16.0 Å². The van der Waals surface area contributed by atoms with Gasteiger partial charge in [0, 0.05) is 43.7 Å². The second-order valence-electron chi connectivity index (χ2n) is 5.16. The van der Waals surface area contributed by atoms with Crippen LogP contribution in [0, 0.1) is 0 Å². The van der Waals surface area contributed by atoms with Crippen LogP contribution in [0.15, 0.2) is 16.0 Å². The highest BCUT2D eigenvalue weighted by atomic mass is 32.2. The van der Waals surface area contributed by atoms with Gasteiger partial charge in [0.05, 0.1) is 6.04 Å². The number of amides is 1. The van der Waals surface area contributed by atoms with Gasteiger partial charge in [0.25, 0.3) is 5.56 Å². The fourth-order valence-corrected chi connectivity index (χ4v) is 3.53. The first kappa shape index (κ1) is 17.0. The monoisotopic (exact) mass is 325 g/mol. The molecule has 1 aliphatic heterocycles. The van der Waals surface area contributed by atoms with Gasteiger partial charge in [0.15, 0.2) is 5.16 Å². The first-order valence-corrected chi connectivity index (χ1v) is 8.74. The summed E-state index contributed by atoms with van der Waals surface area (Å²) in [5.41, 5.74) is 0.755. The summed E-state index contributed by atoms with van der Waals surface area (Å²) in [5.74, 6) is 0.698. The first-order valence-electron chi connectivity index (χ1n) is 7.75. The molecule has 0 aliphatic carbocycles. The van der Waals surface area contributed by atoms with Crippen molar-refractivity contribution in [3.63, 3.8) is 0 Å². The second-order valence-corrected chi connectivity index (χ2v) is 6.15. The molecule has 0 aromatic carbocycles. The summed E-state index contributed by atoms with van der Waals surface area (Å²) in [6, 6.07) is 1.47. The van der Waals surface area contributed by atoms with Gasteiger partial charge in [0.1, 0.15) is 0 Å². The summed E-state index contributed by atoms with van der Waals surface area (Å²) >= 11 is 1.55. The Kier molecular flexibility index (Phi) is 6.45. The zero-order valence-electron chi connectivity index (χ0n) is 13.1. The van der Waals surface area contributed by atoms with Gasteiger partial charge in [-0.1, -0.05) is 18.7 Å². The summed E-state index contributed by atoms with van der Waals surface area (Å²) in [6.45, 7) is 5.88. The average Bonchev–Trinajstić information content (AvgIpc) is 2.90. The van der Waals surface area contributed by atoms with Crippen molar-refractivity contribution in [2.45, 2.75) is 44.3 Å². The number of aryl methyl sites for hydroxylation is 1. The molecule has 6 nitrogen and oxygen atoms in total. The molecular weight excluding hydrogens is 302 g/mol. The number of thioether (sulfide) groups is 1. The fourth-order valence-electron chi connectivity index (χ4n) is 2.36. The summed E-state index contributed by atoms with van der Waals surface area (Å²) < 4.78 is 6.88. The molecule has 22 heavy (non-hydrogen) atoms. The minimum absolute atomic E-state index is 0.0265. The van der Waals surface area contributed by atoms with Crippen LogP contribution in [-0.4, -0.2) is 41.0 Å². The molecule has 1 aromatic rings. The van der Waals surface area contributed by atoms with E-state index in [1.54, 1.807) is 22.4 Å². The van der Waals surface area contributed by atoms with Crippen LogP contribution in [0.5, 0.6) is 0 Å². The molecule has 0 spiro atoms. The van der Waals surface area contributed by atoms with E-state index in [4.69, 9.17) is 4.74 Å². The highest BCUT2D eigenvalue weighted by Crippen LogP contribution is 2.31. The van der Waals surface area contributed by atoms with Gasteiger partial charge in [-0.05, 0) is 19.8 Å². The van der Waals surface area contributed by atoms with Crippen molar-refractivity contribution in [1.82, 2.24) is 14.9 Å². The quantitative estimate of drug-likeness (QED) is 0.577. The van der Waals surface area contributed by atoms with Crippen LogP contribution in [0.2, 0.25) is 0 Å². The van der Waals surface area contributed by atoms with Crippen molar-refractivity contribution in [2.75, 3.05) is 25.5 Å². The van der Waals surface area contributed by atoms with Gasteiger partial charge in [-0.3, -0.25) is 14.2 Å². The maximum Gasteiger partial charge on any atom is 0.254 e. The fraction of sp³-hybridized carbons (Fsp3) is 0.667. The molecule has 0 fully saturated rings. The van der Waals surface area contributed by atoms with Crippen molar-refractivity contribution >= 4 is 17.7 Å². The lowest BCUT2D eigenvalue weighted by Gasteiger charge is -2.13. The Morgan fingerprint density at radius 1 is 1.55 bits per heavy atom. The molecule has 0 bridgehead atoms. The van der Waals surface area contributed by atoms with Gasteiger partial charge < -0.3 is 10.1 Å². The number of nitrogens with one attached hydrogen (secondary N) is 1. The Morgan fingerprint density at radius 2 is 2.36 bits per heavy atom. The van der Waals surface area contributed by atoms with E-state index in [1.807, 2.05) is 13.8 Å². The number of rotatable bonds is 8. The number of carbonyl (C=O) groups is 1. The lowest BCUT2D eigenvalue weighted by atomic mass is 10.2. The van der Waals surface area contributed by atoms with Crippen molar-refractivity contribution in [1.29, 1.82) is 0 Å². The summed E-state index contributed by atoms with van der Waals surface area (Å²) in [5, 5.41) is 3.61. The van der Waals surface area contributed by atoms with Crippen LogP contribution in [0.1, 0.15) is 38.4 Å².